The SMILES string of the molecule is NCc1cc(C(=O)N2CCN(Cc3ccccn3)CC2)co1. The summed E-state index contributed by atoms with van der Waals surface area (Å²) in [5.41, 5.74) is 7.14. The Kier molecular flexibility index (Phi) is 4.50. The van der Waals surface area contributed by atoms with E-state index in [4.69, 9.17) is 10.2 Å². The molecule has 6 heteroatoms. The zero-order valence-electron chi connectivity index (χ0n) is 12.4. The lowest BCUT2D eigenvalue weighted by molar-refractivity contribution is 0.0626. The molecule has 0 saturated carbocycles. The molecule has 0 atom stereocenters. The maximum absolute atomic E-state index is 12.4. The van der Waals surface area contributed by atoms with Crippen molar-refractivity contribution in [1.82, 2.24) is 14.8 Å². The van der Waals surface area contributed by atoms with Gasteiger partial charge in [0.05, 0.1) is 17.8 Å². The van der Waals surface area contributed by atoms with Gasteiger partial charge in [-0.25, -0.2) is 0 Å². The predicted octanol–water partition coefficient (Wildman–Crippen LogP) is 1.09. The van der Waals surface area contributed by atoms with Crippen molar-refractivity contribution in [3.8, 4) is 0 Å². The highest BCUT2D eigenvalue weighted by molar-refractivity contribution is 5.94. The predicted molar refractivity (Wildman–Crippen MR) is 82.0 cm³/mol. The van der Waals surface area contributed by atoms with Crippen LogP contribution < -0.4 is 5.73 Å². The van der Waals surface area contributed by atoms with E-state index < -0.39 is 0 Å². The molecule has 3 rings (SSSR count). The molecule has 3 heterocycles. The first kappa shape index (κ1) is 14.7. The molecule has 2 aromatic heterocycles. The summed E-state index contributed by atoms with van der Waals surface area (Å²) >= 11 is 0. The van der Waals surface area contributed by atoms with Crippen LogP contribution in [0.25, 0.3) is 0 Å². The molecular formula is C16H20N4O2. The maximum atomic E-state index is 12.4. The minimum absolute atomic E-state index is 0.0148. The summed E-state index contributed by atoms with van der Waals surface area (Å²) in [4.78, 5) is 20.9. The Hall–Kier alpha value is -2.18. The fourth-order valence-corrected chi connectivity index (χ4v) is 2.61. The first-order chi connectivity index (χ1) is 10.8. The molecule has 0 aromatic carbocycles. The maximum Gasteiger partial charge on any atom is 0.257 e. The van der Waals surface area contributed by atoms with Crippen molar-refractivity contribution in [2.75, 3.05) is 26.2 Å². The Morgan fingerprint density at radius 3 is 2.73 bits per heavy atom. The van der Waals surface area contributed by atoms with E-state index in [-0.39, 0.29) is 5.91 Å². The van der Waals surface area contributed by atoms with Crippen molar-refractivity contribution in [2.45, 2.75) is 13.1 Å². The van der Waals surface area contributed by atoms with Crippen molar-refractivity contribution in [3.63, 3.8) is 0 Å². The number of nitrogens with two attached hydrogens (primary N) is 1. The molecule has 1 aliphatic heterocycles. The molecule has 116 valence electrons. The number of aromatic nitrogens is 1. The van der Waals surface area contributed by atoms with E-state index in [9.17, 15) is 4.79 Å². The standard InChI is InChI=1S/C16H20N4O2/c17-10-15-9-13(12-22-15)16(21)20-7-5-19(6-8-20)11-14-3-1-2-4-18-14/h1-4,9,12H,5-8,10-11,17H2. The number of nitrogens with zero attached hydrogens (tertiary/aromatic N) is 3. The molecule has 1 aliphatic rings. The van der Waals surface area contributed by atoms with E-state index >= 15 is 0 Å². The molecular weight excluding hydrogens is 280 g/mol. The average Bonchev–Trinajstić information content (AvgIpc) is 3.05. The molecule has 22 heavy (non-hydrogen) atoms. The van der Waals surface area contributed by atoms with Gasteiger partial charge in [0.25, 0.3) is 5.91 Å². The average molecular weight is 300 g/mol. The van der Waals surface area contributed by atoms with E-state index in [0.29, 0.717) is 17.9 Å². The van der Waals surface area contributed by atoms with Crippen LogP contribution in [0.15, 0.2) is 41.1 Å². The number of carbonyl (C=O) groups excluding carboxylic acids is 1. The Balaban J connectivity index is 1.54. The van der Waals surface area contributed by atoms with Gasteiger partial charge in [-0.2, -0.15) is 0 Å². The highest BCUT2D eigenvalue weighted by Gasteiger charge is 2.23. The zero-order chi connectivity index (χ0) is 15.4. The third-order valence-electron chi connectivity index (χ3n) is 3.87. The number of carbonyl (C=O) groups is 1. The quantitative estimate of drug-likeness (QED) is 0.915. The summed E-state index contributed by atoms with van der Waals surface area (Å²) in [7, 11) is 0. The Morgan fingerprint density at radius 2 is 2.09 bits per heavy atom. The van der Waals surface area contributed by atoms with Crippen molar-refractivity contribution in [1.29, 1.82) is 0 Å². The molecule has 0 spiro atoms. The van der Waals surface area contributed by atoms with Gasteiger partial charge in [0.1, 0.15) is 12.0 Å². The van der Waals surface area contributed by atoms with E-state index in [1.165, 1.54) is 6.26 Å². The van der Waals surface area contributed by atoms with Gasteiger partial charge in [-0.05, 0) is 18.2 Å². The van der Waals surface area contributed by atoms with Gasteiger partial charge in [0.2, 0.25) is 0 Å². The van der Waals surface area contributed by atoms with Gasteiger partial charge in [-0.1, -0.05) is 6.07 Å². The van der Waals surface area contributed by atoms with Gasteiger partial charge in [0, 0.05) is 38.9 Å². The van der Waals surface area contributed by atoms with Crippen LogP contribution in [0.4, 0.5) is 0 Å². The summed E-state index contributed by atoms with van der Waals surface area (Å²) in [6.45, 7) is 4.27. The van der Waals surface area contributed by atoms with Crippen LogP contribution in [0.5, 0.6) is 0 Å². The Labute approximate surface area is 129 Å². The van der Waals surface area contributed by atoms with Crippen molar-refractivity contribution in [3.05, 3.63) is 53.7 Å². The summed E-state index contributed by atoms with van der Waals surface area (Å²) in [5.74, 6) is 0.651. The lowest BCUT2D eigenvalue weighted by Crippen LogP contribution is -2.48. The zero-order valence-corrected chi connectivity index (χ0v) is 12.4. The van der Waals surface area contributed by atoms with Crippen LogP contribution in [0, 0.1) is 0 Å². The summed E-state index contributed by atoms with van der Waals surface area (Å²) in [6.07, 6.45) is 3.30. The number of rotatable bonds is 4. The van der Waals surface area contributed by atoms with Crippen LogP contribution in [-0.2, 0) is 13.1 Å². The molecule has 2 N–H and O–H groups in total. The monoisotopic (exact) mass is 300 g/mol. The van der Waals surface area contributed by atoms with Gasteiger partial charge in [-0.15, -0.1) is 0 Å². The molecule has 2 aromatic rings. The largest absolute Gasteiger partial charge is 0.467 e. The number of piperazine rings is 1. The first-order valence-electron chi connectivity index (χ1n) is 7.45. The van der Waals surface area contributed by atoms with Crippen LogP contribution >= 0.6 is 0 Å². The molecule has 0 unspecified atom stereocenters. The van der Waals surface area contributed by atoms with Crippen molar-refractivity contribution >= 4 is 5.91 Å². The summed E-state index contributed by atoms with van der Waals surface area (Å²) in [6, 6.07) is 7.66. The number of hydrogen-bond acceptors (Lipinski definition) is 5. The number of furan rings is 1. The second kappa shape index (κ2) is 6.72. The van der Waals surface area contributed by atoms with Crippen LogP contribution in [0.1, 0.15) is 21.8 Å². The molecule has 0 aliphatic carbocycles. The van der Waals surface area contributed by atoms with E-state index in [1.54, 1.807) is 6.07 Å². The molecule has 1 fully saturated rings. The van der Waals surface area contributed by atoms with E-state index in [1.807, 2.05) is 29.3 Å². The Bertz CT molecular complexity index is 618. The highest BCUT2D eigenvalue weighted by atomic mass is 16.3. The lowest BCUT2D eigenvalue weighted by atomic mass is 10.2. The van der Waals surface area contributed by atoms with Crippen LogP contribution in [0.3, 0.4) is 0 Å². The number of pyridine rings is 1. The molecule has 6 nitrogen and oxygen atoms in total. The Morgan fingerprint density at radius 1 is 1.27 bits per heavy atom. The minimum atomic E-state index is 0.0148. The van der Waals surface area contributed by atoms with Gasteiger partial charge in [-0.3, -0.25) is 14.7 Å². The molecule has 1 saturated heterocycles. The van der Waals surface area contributed by atoms with Crippen LogP contribution in [-0.4, -0.2) is 46.9 Å². The third kappa shape index (κ3) is 3.35. The lowest BCUT2D eigenvalue weighted by Gasteiger charge is -2.34. The number of hydrogen-bond donors (Lipinski definition) is 1. The second-order valence-electron chi connectivity index (χ2n) is 5.40. The summed E-state index contributed by atoms with van der Waals surface area (Å²) in [5, 5.41) is 0. The topological polar surface area (TPSA) is 75.6 Å². The number of amides is 1. The molecule has 0 bridgehead atoms. The third-order valence-corrected chi connectivity index (χ3v) is 3.87. The van der Waals surface area contributed by atoms with Crippen molar-refractivity contribution < 1.29 is 9.21 Å². The smallest absolute Gasteiger partial charge is 0.257 e. The molecule has 1 amide bonds. The van der Waals surface area contributed by atoms with E-state index in [0.717, 1.165) is 38.4 Å². The first-order valence-corrected chi connectivity index (χ1v) is 7.45. The van der Waals surface area contributed by atoms with Gasteiger partial charge in [0.15, 0.2) is 0 Å². The summed E-state index contributed by atoms with van der Waals surface area (Å²) < 4.78 is 5.23. The van der Waals surface area contributed by atoms with Gasteiger partial charge < -0.3 is 15.1 Å². The highest BCUT2D eigenvalue weighted by Crippen LogP contribution is 2.13. The fourth-order valence-electron chi connectivity index (χ4n) is 2.61. The fraction of sp³-hybridized carbons (Fsp3) is 0.375. The van der Waals surface area contributed by atoms with Gasteiger partial charge >= 0.3 is 0 Å². The van der Waals surface area contributed by atoms with Crippen LogP contribution in [0.2, 0.25) is 0 Å². The van der Waals surface area contributed by atoms with Crippen molar-refractivity contribution in [2.24, 2.45) is 5.73 Å². The second-order valence-corrected chi connectivity index (χ2v) is 5.40. The normalized spacial score (nSPS) is 16.0. The minimum Gasteiger partial charge on any atom is -0.467 e. The van der Waals surface area contributed by atoms with E-state index in [2.05, 4.69) is 9.88 Å². The molecule has 0 radical (unpaired) electrons.